The van der Waals surface area contributed by atoms with Gasteiger partial charge in [0, 0.05) is 6.42 Å². The maximum Gasteiger partial charge on any atom is 0.306 e. The van der Waals surface area contributed by atoms with Crippen molar-refractivity contribution in [3.8, 4) is 0 Å². The molecular weight excluding hydrogens is 344 g/mol. The summed E-state index contributed by atoms with van der Waals surface area (Å²) < 4.78 is 10.3. The van der Waals surface area contributed by atoms with Crippen LogP contribution in [-0.4, -0.2) is 34.0 Å². The van der Waals surface area contributed by atoms with E-state index in [0.29, 0.717) is 32.1 Å². The zero-order chi connectivity index (χ0) is 19.9. The van der Waals surface area contributed by atoms with E-state index in [-0.39, 0.29) is 5.97 Å². The molecule has 0 aliphatic carbocycles. The van der Waals surface area contributed by atoms with Gasteiger partial charge < -0.3 is 19.4 Å². The monoisotopic (exact) mass is 376 g/mol. The lowest BCUT2D eigenvalue weighted by molar-refractivity contribution is -0.156. The molecular formula is C22H32O5. The minimum absolute atomic E-state index is 0.241. The molecule has 0 spiro atoms. The molecule has 1 aromatic heterocycles. The third-order valence-electron chi connectivity index (χ3n) is 5.20. The number of esters is 1. The quantitative estimate of drug-likeness (QED) is 0.475. The molecule has 2 rings (SSSR count). The highest BCUT2D eigenvalue weighted by Crippen LogP contribution is 2.32. The largest absolute Gasteiger partial charge is 0.472 e. The fraction of sp³-hybridized carbons (Fsp3) is 0.591. The average Bonchev–Trinajstić information content (AvgIpc) is 3.22. The summed E-state index contributed by atoms with van der Waals surface area (Å²) in [7, 11) is 0. The Labute approximate surface area is 161 Å². The first-order chi connectivity index (χ1) is 12.8. The van der Waals surface area contributed by atoms with E-state index in [1.807, 2.05) is 26.0 Å². The SMILES string of the molecule is C/C(=C\[C@@H](O)C/C(C)=C/CCc1ccoc1)CC[C@@H](O)[C@]1(C)CCC(=O)O1. The van der Waals surface area contributed by atoms with Crippen LogP contribution >= 0.6 is 0 Å². The standard InChI is InChI=1S/C22H32O5/c1-16(5-4-6-18-10-12-26-15-18)13-19(23)14-17(2)7-8-20(24)22(3)11-9-21(25)27-22/h5,10,12,14-15,19-20,23-24H,4,6-9,11,13H2,1-3H3/b16-5+,17-14+/t19-,20+,22-/m0/s1. The highest BCUT2D eigenvalue weighted by atomic mass is 16.6. The van der Waals surface area contributed by atoms with Crippen LogP contribution in [-0.2, 0) is 16.0 Å². The number of aryl methyl sites for hydroxylation is 1. The first kappa shape index (κ1) is 21.5. The molecule has 1 aromatic rings. The van der Waals surface area contributed by atoms with Crippen LogP contribution in [0.2, 0.25) is 0 Å². The van der Waals surface area contributed by atoms with Gasteiger partial charge in [0.25, 0.3) is 0 Å². The summed E-state index contributed by atoms with van der Waals surface area (Å²) >= 11 is 0. The summed E-state index contributed by atoms with van der Waals surface area (Å²) in [6, 6.07) is 1.96. The highest BCUT2D eigenvalue weighted by Gasteiger charge is 2.41. The van der Waals surface area contributed by atoms with Crippen LogP contribution in [0.4, 0.5) is 0 Å². The predicted octanol–water partition coefficient (Wildman–Crippen LogP) is 4.09. The van der Waals surface area contributed by atoms with E-state index in [0.717, 1.165) is 24.0 Å². The van der Waals surface area contributed by atoms with Crippen molar-refractivity contribution in [2.75, 3.05) is 0 Å². The van der Waals surface area contributed by atoms with Crippen LogP contribution < -0.4 is 0 Å². The van der Waals surface area contributed by atoms with Crippen molar-refractivity contribution in [2.24, 2.45) is 0 Å². The lowest BCUT2D eigenvalue weighted by Crippen LogP contribution is -2.39. The second-order valence-electron chi connectivity index (χ2n) is 7.85. The average molecular weight is 376 g/mol. The minimum atomic E-state index is -0.774. The summed E-state index contributed by atoms with van der Waals surface area (Å²) in [6.45, 7) is 5.77. The Bertz CT molecular complexity index is 658. The van der Waals surface area contributed by atoms with E-state index in [2.05, 4.69) is 6.08 Å². The van der Waals surface area contributed by atoms with E-state index >= 15 is 0 Å². The topological polar surface area (TPSA) is 79.9 Å². The number of carbonyl (C=O) groups excluding carboxylic acids is 1. The van der Waals surface area contributed by atoms with Gasteiger partial charge in [-0.2, -0.15) is 0 Å². The number of rotatable bonds is 10. The van der Waals surface area contributed by atoms with Gasteiger partial charge in [-0.3, -0.25) is 4.79 Å². The normalized spacial score (nSPS) is 23.4. The molecule has 1 saturated heterocycles. The molecule has 0 saturated carbocycles. The smallest absolute Gasteiger partial charge is 0.306 e. The van der Waals surface area contributed by atoms with Crippen molar-refractivity contribution in [1.29, 1.82) is 0 Å². The fourth-order valence-corrected chi connectivity index (χ4v) is 3.42. The molecule has 5 heteroatoms. The molecule has 1 fully saturated rings. The van der Waals surface area contributed by atoms with Crippen molar-refractivity contribution in [3.63, 3.8) is 0 Å². The van der Waals surface area contributed by atoms with E-state index in [9.17, 15) is 15.0 Å². The van der Waals surface area contributed by atoms with Gasteiger partial charge in [0.1, 0.15) is 5.60 Å². The molecule has 3 atom stereocenters. The first-order valence-corrected chi connectivity index (χ1v) is 9.70. The summed E-state index contributed by atoms with van der Waals surface area (Å²) in [6.07, 6.45) is 10.8. The number of cyclic esters (lactones) is 1. The Balaban J connectivity index is 1.73. The van der Waals surface area contributed by atoms with Gasteiger partial charge in [-0.15, -0.1) is 0 Å². The van der Waals surface area contributed by atoms with Gasteiger partial charge in [0.15, 0.2) is 0 Å². The van der Waals surface area contributed by atoms with Gasteiger partial charge in [0.2, 0.25) is 0 Å². The summed E-state index contributed by atoms with van der Waals surface area (Å²) in [4.78, 5) is 11.3. The second kappa shape index (κ2) is 9.90. The van der Waals surface area contributed by atoms with Crippen molar-refractivity contribution in [3.05, 3.63) is 47.5 Å². The molecule has 5 nitrogen and oxygen atoms in total. The third kappa shape index (κ3) is 7.00. The van der Waals surface area contributed by atoms with Crippen molar-refractivity contribution in [1.82, 2.24) is 0 Å². The molecule has 2 heterocycles. The zero-order valence-corrected chi connectivity index (χ0v) is 16.6. The van der Waals surface area contributed by atoms with Crippen LogP contribution in [0.3, 0.4) is 0 Å². The van der Waals surface area contributed by atoms with Gasteiger partial charge >= 0.3 is 5.97 Å². The van der Waals surface area contributed by atoms with Crippen LogP contribution in [0.5, 0.6) is 0 Å². The minimum Gasteiger partial charge on any atom is -0.472 e. The molecule has 0 bridgehead atoms. The van der Waals surface area contributed by atoms with Crippen LogP contribution in [0, 0.1) is 0 Å². The Hall–Kier alpha value is -1.85. The molecule has 150 valence electrons. The van der Waals surface area contributed by atoms with E-state index in [4.69, 9.17) is 9.15 Å². The van der Waals surface area contributed by atoms with E-state index in [1.54, 1.807) is 19.5 Å². The number of hydrogen-bond acceptors (Lipinski definition) is 5. The highest BCUT2D eigenvalue weighted by molar-refractivity contribution is 5.72. The number of hydrogen-bond donors (Lipinski definition) is 2. The molecule has 0 aromatic carbocycles. The van der Waals surface area contributed by atoms with Crippen LogP contribution in [0.15, 0.2) is 46.3 Å². The van der Waals surface area contributed by atoms with E-state index in [1.165, 1.54) is 5.56 Å². The van der Waals surface area contributed by atoms with Crippen molar-refractivity contribution >= 4 is 5.97 Å². The van der Waals surface area contributed by atoms with E-state index < -0.39 is 17.8 Å². The zero-order valence-electron chi connectivity index (χ0n) is 16.6. The maximum atomic E-state index is 11.3. The molecule has 0 radical (unpaired) electrons. The molecule has 2 N–H and O–H groups in total. The lowest BCUT2D eigenvalue weighted by Gasteiger charge is -2.28. The number of ether oxygens (including phenoxy) is 1. The first-order valence-electron chi connectivity index (χ1n) is 9.70. The van der Waals surface area contributed by atoms with Crippen LogP contribution in [0.1, 0.15) is 64.9 Å². The van der Waals surface area contributed by atoms with Gasteiger partial charge in [0.05, 0.1) is 24.7 Å². The third-order valence-corrected chi connectivity index (χ3v) is 5.20. The fourth-order valence-electron chi connectivity index (χ4n) is 3.42. The number of aliphatic hydroxyl groups excluding tert-OH is 2. The lowest BCUT2D eigenvalue weighted by atomic mass is 9.91. The van der Waals surface area contributed by atoms with Gasteiger partial charge in [-0.1, -0.05) is 23.3 Å². The Morgan fingerprint density at radius 2 is 2.11 bits per heavy atom. The van der Waals surface area contributed by atoms with Crippen molar-refractivity contribution in [2.45, 2.75) is 83.5 Å². The van der Waals surface area contributed by atoms with Gasteiger partial charge in [-0.05, 0) is 70.9 Å². The van der Waals surface area contributed by atoms with Crippen molar-refractivity contribution < 1.29 is 24.2 Å². The summed E-state index contributed by atoms with van der Waals surface area (Å²) in [5, 5.41) is 20.6. The molecule has 27 heavy (non-hydrogen) atoms. The summed E-state index contributed by atoms with van der Waals surface area (Å²) in [5.41, 5.74) is 2.58. The maximum absolute atomic E-state index is 11.3. The molecule has 1 aliphatic rings. The number of carbonyl (C=O) groups is 1. The number of furan rings is 1. The predicted molar refractivity (Wildman–Crippen MR) is 104 cm³/mol. The van der Waals surface area contributed by atoms with Crippen LogP contribution in [0.25, 0.3) is 0 Å². The molecule has 1 aliphatic heterocycles. The molecule has 0 unspecified atom stereocenters. The Morgan fingerprint density at radius 3 is 2.74 bits per heavy atom. The second-order valence-corrected chi connectivity index (χ2v) is 7.85. The Kier molecular flexibility index (Phi) is 7.87. The Morgan fingerprint density at radius 1 is 1.33 bits per heavy atom. The number of aliphatic hydroxyl groups is 2. The summed E-state index contributed by atoms with van der Waals surface area (Å²) in [5.74, 6) is -0.241. The number of allylic oxidation sites excluding steroid dienone is 2. The molecule has 0 amide bonds. The van der Waals surface area contributed by atoms with Gasteiger partial charge in [-0.25, -0.2) is 0 Å².